The summed E-state index contributed by atoms with van der Waals surface area (Å²) in [5.74, 6) is 2.62. The summed E-state index contributed by atoms with van der Waals surface area (Å²) in [6.07, 6.45) is 6.75. The van der Waals surface area contributed by atoms with Crippen molar-refractivity contribution in [2.24, 2.45) is 17.8 Å². The van der Waals surface area contributed by atoms with E-state index in [4.69, 9.17) is 9.47 Å². The van der Waals surface area contributed by atoms with Gasteiger partial charge in [-0.1, -0.05) is 33.6 Å². The number of ether oxygens (including phenoxy) is 2. The Hall–Kier alpha value is -0.0800. The number of rotatable bonds is 8. The van der Waals surface area contributed by atoms with E-state index < -0.39 is 0 Å². The Balaban J connectivity index is 2.25. The van der Waals surface area contributed by atoms with Crippen LogP contribution in [0.25, 0.3) is 0 Å². The van der Waals surface area contributed by atoms with Crippen molar-refractivity contribution in [3.05, 3.63) is 0 Å². The lowest BCUT2D eigenvalue weighted by atomic mass is 9.94. The van der Waals surface area contributed by atoms with E-state index in [9.17, 15) is 0 Å². The highest BCUT2D eigenvalue weighted by molar-refractivity contribution is 4.82. The molecular formula is C15H30O2. The molecule has 102 valence electrons. The molecule has 0 aliphatic heterocycles. The van der Waals surface area contributed by atoms with Gasteiger partial charge in [0, 0.05) is 13.7 Å². The van der Waals surface area contributed by atoms with Crippen LogP contribution in [0.5, 0.6) is 0 Å². The molecule has 2 nitrogen and oxygen atoms in total. The molecule has 4 unspecified atom stereocenters. The van der Waals surface area contributed by atoms with Crippen molar-refractivity contribution >= 4 is 0 Å². The fourth-order valence-electron chi connectivity index (χ4n) is 3.08. The molecule has 1 aliphatic rings. The van der Waals surface area contributed by atoms with Crippen LogP contribution in [0.3, 0.4) is 0 Å². The molecule has 1 fully saturated rings. The quantitative estimate of drug-likeness (QED) is 0.643. The molecule has 0 bridgehead atoms. The van der Waals surface area contributed by atoms with Crippen molar-refractivity contribution in [2.75, 3.05) is 20.3 Å². The molecule has 1 rings (SSSR count). The van der Waals surface area contributed by atoms with Gasteiger partial charge in [-0.2, -0.15) is 0 Å². The van der Waals surface area contributed by atoms with Gasteiger partial charge in [0.15, 0.2) is 0 Å². The molecule has 0 amide bonds. The highest BCUT2D eigenvalue weighted by Gasteiger charge is 2.32. The summed E-state index contributed by atoms with van der Waals surface area (Å²) in [7, 11) is 1.77. The smallest absolute Gasteiger partial charge is 0.0802 e. The second-order valence-electron chi connectivity index (χ2n) is 5.48. The van der Waals surface area contributed by atoms with E-state index in [-0.39, 0.29) is 6.10 Å². The summed E-state index contributed by atoms with van der Waals surface area (Å²) in [4.78, 5) is 0. The first-order valence-corrected chi connectivity index (χ1v) is 7.35. The van der Waals surface area contributed by atoms with Gasteiger partial charge in [0.25, 0.3) is 0 Å². The molecule has 0 heterocycles. The van der Waals surface area contributed by atoms with E-state index in [1.165, 1.54) is 25.7 Å². The molecule has 0 N–H and O–H groups in total. The molecule has 0 aromatic carbocycles. The third-order valence-corrected chi connectivity index (χ3v) is 4.46. The van der Waals surface area contributed by atoms with Crippen molar-refractivity contribution < 1.29 is 9.47 Å². The van der Waals surface area contributed by atoms with Crippen LogP contribution >= 0.6 is 0 Å². The first-order chi connectivity index (χ1) is 8.24. The lowest BCUT2D eigenvalue weighted by Gasteiger charge is -2.20. The molecule has 0 radical (unpaired) electrons. The molecule has 0 aromatic rings. The average molecular weight is 242 g/mol. The minimum Gasteiger partial charge on any atom is -0.379 e. The fourth-order valence-corrected chi connectivity index (χ4v) is 3.08. The summed E-state index contributed by atoms with van der Waals surface area (Å²) < 4.78 is 11.2. The standard InChI is InChI=1S/C15H30O2/c1-5-12-8-13(6-2)14(9-12)10-17-11-15(7-3)16-4/h12-15H,5-11H2,1-4H3. The second kappa shape index (κ2) is 8.10. The predicted molar refractivity (Wildman–Crippen MR) is 72.2 cm³/mol. The van der Waals surface area contributed by atoms with Gasteiger partial charge in [-0.05, 0) is 37.0 Å². The van der Waals surface area contributed by atoms with Gasteiger partial charge >= 0.3 is 0 Å². The fraction of sp³-hybridized carbons (Fsp3) is 1.00. The third-order valence-electron chi connectivity index (χ3n) is 4.46. The van der Waals surface area contributed by atoms with E-state index in [2.05, 4.69) is 20.8 Å². The Kier molecular flexibility index (Phi) is 7.14. The topological polar surface area (TPSA) is 18.5 Å². The van der Waals surface area contributed by atoms with Crippen molar-refractivity contribution in [3.63, 3.8) is 0 Å². The lowest BCUT2D eigenvalue weighted by molar-refractivity contribution is -0.00857. The minimum absolute atomic E-state index is 0.276. The van der Waals surface area contributed by atoms with Crippen LogP contribution in [-0.4, -0.2) is 26.4 Å². The molecule has 0 saturated heterocycles. The molecule has 1 aliphatic carbocycles. The zero-order chi connectivity index (χ0) is 12.7. The monoisotopic (exact) mass is 242 g/mol. The molecule has 4 atom stereocenters. The first-order valence-electron chi connectivity index (χ1n) is 7.35. The number of hydrogen-bond acceptors (Lipinski definition) is 2. The summed E-state index contributed by atoms with van der Waals surface area (Å²) in [6, 6.07) is 0. The van der Waals surface area contributed by atoms with E-state index in [1.807, 2.05) is 0 Å². The zero-order valence-corrected chi connectivity index (χ0v) is 12.1. The van der Waals surface area contributed by atoms with E-state index in [1.54, 1.807) is 7.11 Å². The Morgan fingerprint density at radius 3 is 2.29 bits per heavy atom. The van der Waals surface area contributed by atoms with Crippen LogP contribution in [0.15, 0.2) is 0 Å². The van der Waals surface area contributed by atoms with Crippen LogP contribution in [0.2, 0.25) is 0 Å². The highest BCUT2D eigenvalue weighted by Crippen LogP contribution is 2.39. The lowest BCUT2D eigenvalue weighted by Crippen LogP contribution is -2.21. The van der Waals surface area contributed by atoms with Gasteiger partial charge < -0.3 is 9.47 Å². The van der Waals surface area contributed by atoms with Crippen LogP contribution in [-0.2, 0) is 9.47 Å². The van der Waals surface area contributed by atoms with Gasteiger partial charge in [0.2, 0.25) is 0 Å². The maximum Gasteiger partial charge on any atom is 0.0802 e. The van der Waals surface area contributed by atoms with Crippen molar-refractivity contribution in [1.82, 2.24) is 0 Å². The summed E-state index contributed by atoms with van der Waals surface area (Å²) in [6.45, 7) is 8.49. The maximum absolute atomic E-state index is 5.86. The van der Waals surface area contributed by atoms with E-state index in [0.29, 0.717) is 0 Å². The van der Waals surface area contributed by atoms with Gasteiger partial charge in [-0.3, -0.25) is 0 Å². The normalized spacial score (nSPS) is 30.7. The molecular weight excluding hydrogens is 212 g/mol. The van der Waals surface area contributed by atoms with Crippen LogP contribution < -0.4 is 0 Å². The Labute approximate surface area is 107 Å². The average Bonchev–Trinajstić information content (AvgIpc) is 2.77. The van der Waals surface area contributed by atoms with E-state index >= 15 is 0 Å². The Morgan fingerprint density at radius 2 is 1.76 bits per heavy atom. The summed E-state index contributed by atoms with van der Waals surface area (Å²) >= 11 is 0. The predicted octanol–water partition coefficient (Wildman–Crippen LogP) is 3.89. The number of hydrogen-bond donors (Lipinski definition) is 0. The zero-order valence-electron chi connectivity index (χ0n) is 12.1. The van der Waals surface area contributed by atoms with Crippen molar-refractivity contribution in [2.45, 2.75) is 59.0 Å². The molecule has 2 heteroatoms. The molecule has 0 aromatic heterocycles. The first kappa shape index (κ1) is 15.0. The van der Waals surface area contributed by atoms with Crippen LogP contribution in [0, 0.1) is 17.8 Å². The van der Waals surface area contributed by atoms with Crippen molar-refractivity contribution in [1.29, 1.82) is 0 Å². The minimum atomic E-state index is 0.276. The molecule has 17 heavy (non-hydrogen) atoms. The molecule has 1 saturated carbocycles. The van der Waals surface area contributed by atoms with Gasteiger partial charge in [-0.25, -0.2) is 0 Å². The number of methoxy groups -OCH3 is 1. The van der Waals surface area contributed by atoms with Gasteiger partial charge in [0.1, 0.15) is 0 Å². The van der Waals surface area contributed by atoms with Gasteiger partial charge in [0.05, 0.1) is 12.7 Å². The van der Waals surface area contributed by atoms with Crippen molar-refractivity contribution in [3.8, 4) is 0 Å². The van der Waals surface area contributed by atoms with Crippen LogP contribution in [0.4, 0.5) is 0 Å². The Bertz CT molecular complexity index is 189. The largest absolute Gasteiger partial charge is 0.379 e. The van der Waals surface area contributed by atoms with Crippen LogP contribution in [0.1, 0.15) is 52.9 Å². The second-order valence-corrected chi connectivity index (χ2v) is 5.48. The summed E-state index contributed by atoms with van der Waals surface area (Å²) in [5.41, 5.74) is 0. The maximum atomic E-state index is 5.86. The SMILES string of the molecule is CCC1CC(CC)C(COCC(CC)OC)C1. The highest BCUT2D eigenvalue weighted by atomic mass is 16.5. The Morgan fingerprint density at radius 1 is 1.06 bits per heavy atom. The summed E-state index contributed by atoms with van der Waals surface area (Å²) in [5, 5.41) is 0. The molecule has 0 spiro atoms. The van der Waals surface area contributed by atoms with E-state index in [0.717, 1.165) is 37.4 Å². The van der Waals surface area contributed by atoms with Gasteiger partial charge in [-0.15, -0.1) is 0 Å². The third kappa shape index (κ3) is 4.59.